The Kier molecular flexibility index (Phi) is 6.14. The minimum absolute atomic E-state index is 0.0852. The van der Waals surface area contributed by atoms with Crippen LogP contribution in [0.4, 0.5) is 11.4 Å². The molecule has 0 radical (unpaired) electrons. The monoisotopic (exact) mass is 402 g/mol. The largest absolute Gasteiger partial charge is 0.374 e. The van der Waals surface area contributed by atoms with Gasteiger partial charge in [0, 0.05) is 25.7 Å². The summed E-state index contributed by atoms with van der Waals surface area (Å²) in [5.41, 5.74) is 0.712. The number of carbonyl (C=O) groups is 2. The summed E-state index contributed by atoms with van der Waals surface area (Å²) in [5.74, 6) is -0.0274. The fourth-order valence-corrected chi connectivity index (χ4v) is 4.47. The van der Waals surface area contributed by atoms with Crippen LogP contribution in [-0.2, 0) is 9.59 Å². The average Bonchev–Trinajstić information content (AvgIpc) is 3.13. The standard InChI is InChI=1S/C21H27ClN4O2/c1-15(20(28)25(2)21(14-23)10-4-3-5-11-21)24-16-8-9-18(17(22)13-16)26-12-6-7-19(26)27/h8-9,13,15,24H,3-7,10-12H2,1-2H3/t15-/m0/s1. The molecule has 1 atom stereocenters. The average molecular weight is 403 g/mol. The summed E-state index contributed by atoms with van der Waals surface area (Å²) in [4.78, 5) is 28.2. The molecule has 1 N–H and O–H groups in total. The third-order valence-electron chi connectivity index (χ3n) is 5.93. The second kappa shape index (κ2) is 8.40. The highest BCUT2D eigenvalue weighted by atomic mass is 35.5. The molecule has 0 spiro atoms. The van der Waals surface area contributed by atoms with Crippen LogP contribution >= 0.6 is 11.6 Å². The maximum atomic E-state index is 12.9. The number of nitriles is 1. The first-order valence-electron chi connectivity index (χ1n) is 9.93. The zero-order chi connectivity index (χ0) is 20.3. The fourth-order valence-electron chi connectivity index (χ4n) is 4.19. The van der Waals surface area contributed by atoms with Gasteiger partial charge in [0.05, 0.1) is 16.8 Å². The first-order chi connectivity index (χ1) is 13.4. The molecule has 28 heavy (non-hydrogen) atoms. The predicted molar refractivity (Wildman–Crippen MR) is 110 cm³/mol. The topological polar surface area (TPSA) is 76.4 Å². The highest BCUT2D eigenvalue weighted by Gasteiger charge is 2.40. The van der Waals surface area contributed by atoms with Gasteiger partial charge in [0.1, 0.15) is 11.6 Å². The highest BCUT2D eigenvalue weighted by Crippen LogP contribution is 2.34. The number of anilines is 2. The summed E-state index contributed by atoms with van der Waals surface area (Å²) in [7, 11) is 1.73. The molecule has 1 aromatic rings. The molecule has 2 fully saturated rings. The van der Waals surface area contributed by atoms with Crippen molar-refractivity contribution in [1.82, 2.24) is 4.90 Å². The van der Waals surface area contributed by atoms with Gasteiger partial charge in [-0.15, -0.1) is 0 Å². The van der Waals surface area contributed by atoms with Crippen molar-refractivity contribution < 1.29 is 9.59 Å². The Balaban J connectivity index is 1.69. The van der Waals surface area contributed by atoms with Gasteiger partial charge in [-0.2, -0.15) is 5.26 Å². The molecule has 6 nitrogen and oxygen atoms in total. The zero-order valence-corrected chi connectivity index (χ0v) is 17.3. The molecule has 0 unspecified atom stereocenters. The molecular formula is C21H27ClN4O2. The quantitative estimate of drug-likeness (QED) is 0.808. The van der Waals surface area contributed by atoms with Crippen LogP contribution in [0.15, 0.2) is 18.2 Å². The smallest absolute Gasteiger partial charge is 0.245 e. The van der Waals surface area contributed by atoms with Gasteiger partial charge in [-0.3, -0.25) is 9.59 Å². The molecule has 2 amide bonds. The maximum absolute atomic E-state index is 12.9. The van der Waals surface area contributed by atoms with Crippen LogP contribution in [0.5, 0.6) is 0 Å². The van der Waals surface area contributed by atoms with Crippen molar-refractivity contribution in [1.29, 1.82) is 5.26 Å². The van der Waals surface area contributed by atoms with Crippen LogP contribution in [0.1, 0.15) is 51.9 Å². The summed E-state index contributed by atoms with van der Waals surface area (Å²) < 4.78 is 0. The van der Waals surface area contributed by atoms with E-state index >= 15 is 0 Å². The van der Waals surface area contributed by atoms with Crippen molar-refractivity contribution in [3.05, 3.63) is 23.2 Å². The van der Waals surface area contributed by atoms with Crippen molar-refractivity contribution in [3.63, 3.8) is 0 Å². The molecule has 1 saturated heterocycles. The number of halogens is 1. The molecule has 1 aliphatic heterocycles. The third-order valence-corrected chi connectivity index (χ3v) is 6.23. The Hall–Kier alpha value is -2.26. The minimum atomic E-state index is -0.705. The summed E-state index contributed by atoms with van der Waals surface area (Å²) in [6.45, 7) is 2.47. The zero-order valence-electron chi connectivity index (χ0n) is 16.5. The van der Waals surface area contributed by atoms with Crippen LogP contribution in [0.2, 0.25) is 5.02 Å². The molecule has 150 valence electrons. The Morgan fingerprint density at radius 3 is 2.61 bits per heavy atom. The number of nitrogens with one attached hydrogen (secondary N) is 1. The van der Waals surface area contributed by atoms with Gasteiger partial charge in [-0.1, -0.05) is 30.9 Å². The molecule has 1 aromatic carbocycles. The molecule has 0 aromatic heterocycles. The molecule has 1 saturated carbocycles. The Morgan fingerprint density at radius 2 is 2.04 bits per heavy atom. The Bertz CT molecular complexity index is 798. The number of carbonyl (C=O) groups excluding carboxylic acids is 2. The SMILES string of the molecule is C[C@H](Nc1ccc(N2CCCC2=O)c(Cl)c1)C(=O)N(C)C1(C#N)CCCCC1. The van der Waals surface area contributed by atoms with Gasteiger partial charge in [0.15, 0.2) is 0 Å². The molecule has 7 heteroatoms. The van der Waals surface area contributed by atoms with Crippen molar-refractivity contribution in [2.24, 2.45) is 0 Å². The van der Waals surface area contributed by atoms with Crippen molar-refractivity contribution in [2.45, 2.75) is 63.5 Å². The summed E-state index contributed by atoms with van der Waals surface area (Å²) >= 11 is 6.39. The highest BCUT2D eigenvalue weighted by molar-refractivity contribution is 6.34. The van der Waals surface area contributed by atoms with Gasteiger partial charge in [-0.05, 0) is 44.4 Å². The molecular weight excluding hydrogens is 376 g/mol. The van der Waals surface area contributed by atoms with E-state index < -0.39 is 11.6 Å². The molecule has 2 aliphatic rings. The van der Waals surface area contributed by atoms with Crippen LogP contribution in [-0.4, -0.2) is 41.9 Å². The number of rotatable bonds is 5. The second-order valence-corrected chi connectivity index (χ2v) is 8.19. The first-order valence-corrected chi connectivity index (χ1v) is 10.3. The summed E-state index contributed by atoms with van der Waals surface area (Å²) in [5, 5.41) is 13.4. The van der Waals surface area contributed by atoms with Gasteiger partial charge in [-0.25, -0.2) is 0 Å². The number of amides is 2. The molecule has 0 bridgehead atoms. The third kappa shape index (κ3) is 3.95. The van der Waals surface area contributed by atoms with E-state index in [-0.39, 0.29) is 11.8 Å². The normalized spacial score (nSPS) is 19.8. The predicted octanol–water partition coefficient (Wildman–Crippen LogP) is 3.95. The van der Waals surface area contributed by atoms with Gasteiger partial charge in [0.2, 0.25) is 11.8 Å². The van der Waals surface area contributed by atoms with Gasteiger partial charge in [0.25, 0.3) is 0 Å². The lowest BCUT2D eigenvalue weighted by Gasteiger charge is -2.40. The van der Waals surface area contributed by atoms with Crippen molar-refractivity contribution in [3.8, 4) is 6.07 Å². The molecule has 1 aliphatic carbocycles. The Morgan fingerprint density at radius 1 is 1.32 bits per heavy atom. The van der Waals surface area contributed by atoms with E-state index in [1.807, 2.05) is 12.1 Å². The van der Waals surface area contributed by atoms with Crippen molar-refractivity contribution in [2.75, 3.05) is 23.8 Å². The number of hydrogen-bond acceptors (Lipinski definition) is 4. The van der Waals surface area contributed by atoms with Gasteiger partial charge < -0.3 is 15.1 Å². The van der Waals surface area contributed by atoms with E-state index in [9.17, 15) is 14.9 Å². The minimum Gasteiger partial charge on any atom is -0.374 e. The maximum Gasteiger partial charge on any atom is 0.245 e. The van der Waals surface area contributed by atoms with E-state index in [1.54, 1.807) is 29.8 Å². The molecule has 1 heterocycles. The molecule has 3 rings (SSSR count). The van der Waals surface area contributed by atoms with E-state index in [0.29, 0.717) is 29.4 Å². The van der Waals surface area contributed by atoms with Crippen LogP contribution in [0.3, 0.4) is 0 Å². The number of benzene rings is 1. The van der Waals surface area contributed by atoms with Crippen LogP contribution in [0.25, 0.3) is 0 Å². The summed E-state index contributed by atoms with van der Waals surface area (Å²) in [6, 6.07) is 7.28. The fraction of sp³-hybridized carbons (Fsp3) is 0.571. The number of likely N-dealkylation sites (N-methyl/N-ethyl adjacent to an activating group) is 1. The van der Waals surface area contributed by atoms with Crippen LogP contribution in [0, 0.1) is 11.3 Å². The van der Waals surface area contributed by atoms with E-state index in [2.05, 4.69) is 11.4 Å². The number of nitrogens with zero attached hydrogens (tertiary/aromatic N) is 3. The van der Waals surface area contributed by atoms with Crippen LogP contribution < -0.4 is 10.2 Å². The lowest BCUT2D eigenvalue weighted by atomic mass is 9.81. The van der Waals surface area contributed by atoms with Gasteiger partial charge >= 0.3 is 0 Å². The lowest BCUT2D eigenvalue weighted by Crippen LogP contribution is -2.53. The number of hydrogen-bond donors (Lipinski definition) is 1. The Labute approximate surface area is 171 Å². The van der Waals surface area contributed by atoms with E-state index in [0.717, 1.165) is 38.5 Å². The second-order valence-electron chi connectivity index (χ2n) is 7.78. The van der Waals surface area contributed by atoms with E-state index in [4.69, 9.17) is 11.6 Å². The first kappa shape index (κ1) is 20.5. The van der Waals surface area contributed by atoms with E-state index in [1.165, 1.54) is 0 Å². The summed E-state index contributed by atoms with van der Waals surface area (Å²) in [6.07, 6.45) is 5.90. The lowest BCUT2D eigenvalue weighted by molar-refractivity contribution is -0.135. The van der Waals surface area contributed by atoms with Crippen molar-refractivity contribution >= 4 is 34.8 Å².